The van der Waals surface area contributed by atoms with E-state index < -0.39 is 0 Å². The molecule has 0 unspecified atom stereocenters. The predicted molar refractivity (Wildman–Crippen MR) is 104 cm³/mol. The van der Waals surface area contributed by atoms with Crippen molar-refractivity contribution in [3.05, 3.63) is 70.8 Å². The molecule has 0 radical (unpaired) electrons. The summed E-state index contributed by atoms with van der Waals surface area (Å²) in [7, 11) is 0. The van der Waals surface area contributed by atoms with Gasteiger partial charge >= 0.3 is 0 Å². The zero-order chi connectivity index (χ0) is 15.8. The van der Waals surface area contributed by atoms with Crippen molar-refractivity contribution in [1.29, 1.82) is 0 Å². The highest BCUT2D eigenvalue weighted by molar-refractivity contribution is 5.86. The highest BCUT2D eigenvalue weighted by Crippen LogP contribution is 2.40. The molecule has 4 rings (SSSR count). The van der Waals surface area contributed by atoms with Crippen LogP contribution in [0.5, 0.6) is 0 Å². The Balaban J connectivity index is 0.00000113. The lowest BCUT2D eigenvalue weighted by Gasteiger charge is -2.43. The van der Waals surface area contributed by atoms with Crippen LogP contribution >= 0.6 is 24.8 Å². The van der Waals surface area contributed by atoms with Gasteiger partial charge in [-0.3, -0.25) is 9.69 Å². The summed E-state index contributed by atoms with van der Waals surface area (Å²) in [5, 5.41) is 3.00. The average Bonchev–Trinajstić information content (AvgIpc) is 2.61. The smallest absolute Gasteiger partial charge is 0.242 e. The van der Waals surface area contributed by atoms with Gasteiger partial charge in [0.15, 0.2) is 0 Å². The third kappa shape index (κ3) is 3.53. The van der Waals surface area contributed by atoms with Crippen molar-refractivity contribution in [3.63, 3.8) is 0 Å². The maximum Gasteiger partial charge on any atom is 0.242 e. The number of halogens is 2. The molecule has 1 saturated heterocycles. The Morgan fingerprint density at radius 3 is 2.56 bits per heavy atom. The van der Waals surface area contributed by atoms with Crippen molar-refractivity contribution in [2.24, 2.45) is 5.73 Å². The maximum atomic E-state index is 12.5. The summed E-state index contributed by atoms with van der Waals surface area (Å²) in [5.41, 5.74) is 10.6. The number of nitrogens with two attached hydrogens (primary N) is 1. The van der Waals surface area contributed by atoms with Crippen LogP contribution in [0.4, 0.5) is 0 Å². The third-order valence-corrected chi connectivity index (χ3v) is 4.99. The standard InChI is InChI=1S/C19H21N3O.2ClH/c20-11-13-6-7-15-16(10-13)18-19(23)21-8-9-22(18)12-17(15)14-4-2-1-3-5-14;;/h1-7,10,17-18H,8-9,11-12,20H2,(H,21,23);2*1H/t17-,18-;;/m0../s1. The number of nitrogens with zero attached hydrogens (tertiary/aromatic N) is 1. The van der Waals surface area contributed by atoms with Crippen LogP contribution < -0.4 is 11.1 Å². The van der Waals surface area contributed by atoms with Crippen LogP contribution in [-0.2, 0) is 11.3 Å². The Bertz CT molecular complexity index is 739. The normalized spacial score (nSPS) is 21.9. The summed E-state index contributed by atoms with van der Waals surface area (Å²) in [5.74, 6) is 0.415. The Labute approximate surface area is 160 Å². The van der Waals surface area contributed by atoms with Gasteiger partial charge in [-0.05, 0) is 22.3 Å². The summed E-state index contributed by atoms with van der Waals surface area (Å²) in [4.78, 5) is 14.8. The van der Waals surface area contributed by atoms with Gasteiger partial charge in [0, 0.05) is 32.1 Å². The minimum atomic E-state index is -0.176. The molecule has 2 heterocycles. The molecule has 0 aliphatic carbocycles. The van der Waals surface area contributed by atoms with Crippen LogP contribution in [0.1, 0.15) is 34.2 Å². The summed E-state index contributed by atoms with van der Waals surface area (Å²) < 4.78 is 0. The number of rotatable bonds is 2. The second-order valence-electron chi connectivity index (χ2n) is 6.32. The van der Waals surface area contributed by atoms with E-state index in [1.54, 1.807) is 0 Å². The van der Waals surface area contributed by atoms with E-state index in [1.807, 2.05) is 6.07 Å². The molecule has 2 aromatic carbocycles. The SMILES string of the molecule is Cl.Cl.NCc1ccc2c(c1)[C@H]1C(=O)NCCN1C[C@H]2c1ccccc1. The van der Waals surface area contributed by atoms with Crippen molar-refractivity contribution in [2.45, 2.75) is 18.5 Å². The fourth-order valence-corrected chi connectivity index (χ4v) is 3.86. The minimum Gasteiger partial charge on any atom is -0.353 e. The van der Waals surface area contributed by atoms with E-state index >= 15 is 0 Å². The van der Waals surface area contributed by atoms with Gasteiger partial charge in [-0.1, -0.05) is 48.5 Å². The molecule has 1 amide bonds. The van der Waals surface area contributed by atoms with Crippen LogP contribution in [0.3, 0.4) is 0 Å². The molecule has 4 nitrogen and oxygen atoms in total. The van der Waals surface area contributed by atoms with Gasteiger partial charge in [-0.2, -0.15) is 0 Å². The topological polar surface area (TPSA) is 58.4 Å². The molecule has 2 atom stereocenters. The van der Waals surface area contributed by atoms with Crippen LogP contribution in [0.25, 0.3) is 0 Å². The molecule has 1 fully saturated rings. The van der Waals surface area contributed by atoms with Gasteiger partial charge in [0.25, 0.3) is 0 Å². The Morgan fingerprint density at radius 2 is 1.84 bits per heavy atom. The quantitative estimate of drug-likeness (QED) is 0.842. The molecule has 134 valence electrons. The Hall–Kier alpha value is -1.59. The van der Waals surface area contributed by atoms with Crippen LogP contribution in [0, 0.1) is 0 Å². The lowest BCUT2D eigenvalue weighted by Crippen LogP contribution is -2.53. The summed E-state index contributed by atoms with van der Waals surface area (Å²) in [6.07, 6.45) is 0. The number of fused-ring (bicyclic) bond motifs is 3. The molecular weight excluding hydrogens is 357 g/mol. The average molecular weight is 380 g/mol. The number of hydrogen-bond donors (Lipinski definition) is 2. The number of piperazine rings is 1. The first-order valence-electron chi connectivity index (χ1n) is 8.17. The van der Waals surface area contributed by atoms with Gasteiger partial charge in [0.1, 0.15) is 6.04 Å². The second-order valence-corrected chi connectivity index (χ2v) is 6.32. The second kappa shape index (κ2) is 8.19. The molecule has 0 bridgehead atoms. The van der Waals surface area contributed by atoms with Crippen molar-refractivity contribution < 1.29 is 4.79 Å². The third-order valence-electron chi connectivity index (χ3n) is 4.99. The molecular formula is C19H23Cl2N3O. The molecule has 2 aliphatic rings. The molecule has 3 N–H and O–H groups in total. The highest BCUT2D eigenvalue weighted by atomic mass is 35.5. The number of nitrogens with one attached hydrogen (secondary N) is 1. The van der Waals surface area contributed by atoms with Gasteiger partial charge in [0.2, 0.25) is 5.91 Å². The van der Waals surface area contributed by atoms with E-state index in [-0.39, 0.29) is 36.8 Å². The van der Waals surface area contributed by atoms with E-state index in [0.29, 0.717) is 12.5 Å². The molecule has 0 aromatic heterocycles. The Morgan fingerprint density at radius 1 is 1.08 bits per heavy atom. The van der Waals surface area contributed by atoms with Gasteiger partial charge in [-0.15, -0.1) is 24.8 Å². The number of amides is 1. The summed E-state index contributed by atoms with van der Waals surface area (Å²) >= 11 is 0. The number of benzene rings is 2. The van der Waals surface area contributed by atoms with Crippen LogP contribution in [0.15, 0.2) is 48.5 Å². The first-order chi connectivity index (χ1) is 11.3. The van der Waals surface area contributed by atoms with Crippen molar-refractivity contribution in [3.8, 4) is 0 Å². The monoisotopic (exact) mass is 379 g/mol. The van der Waals surface area contributed by atoms with Gasteiger partial charge in [-0.25, -0.2) is 0 Å². The molecule has 0 saturated carbocycles. The zero-order valence-electron chi connectivity index (χ0n) is 13.9. The van der Waals surface area contributed by atoms with E-state index in [9.17, 15) is 4.79 Å². The molecule has 2 aromatic rings. The van der Waals surface area contributed by atoms with Crippen molar-refractivity contribution >= 4 is 30.7 Å². The highest BCUT2D eigenvalue weighted by Gasteiger charge is 2.39. The van der Waals surface area contributed by atoms with Crippen molar-refractivity contribution in [2.75, 3.05) is 19.6 Å². The lowest BCUT2D eigenvalue weighted by molar-refractivity contribution is -0.129. The first-order valence-corrected chi connectivity index (χ1v) is 8.17. The van der Waals surface area contributed by atoms with E-state index in [2.05, 4.69) is 52.7 Å². The fourth-order valence-electron chi connectivity index (χ4n) is 3.86. The lowest BCUT2D eigenvalue weighted by atomic mass is 9.80. The minimum absolute atomic E-state index is 0. The van der Waals surface area contributed by atoms with Crippen molar-refractivity contribution in [1.82, 2.24) is 10.2 Å². The van der Waals surface area contributed by atoms with Gasteiger partial charge in [0.05, 0.1) is 0 Å². The Kier molecular flexibility index (Phi) is 6.47. The van der Waals surface area contributed by atoms with Crippen LogP contribution in [-0.4, -0.2) is 30.4 Å². The molecule has 25 heavy (non-hydrogen) atoms. The largest absolute Gasteiger partial charge is 0.353 e. The fraction of sp³-hybridized carbons (Fsp3) is 0.316. The molecule has 6 heteroatoms. The predicted octanol–water partition coefficient (Wildman–Crippen LogP) is 2.61. The number of carbonyl (C=O) groups is 1. The summed E-state index contributed by atoms with van der Waals surface area (Å²) in [6, 6.07) is 16.8. The number of hydrogen-bond acceptors (Lipinski definition) is 3. The van der Waals surface area contributed by atoms with E-state index in [0.717, 1.165) is 30.8 Å². The first kappa shape index (κ1) is 19.7. The molecule has 0 spiro atoms. The summed E-state index contributed by atoms with van der Waals surface area (Å²) in [6.45, 7) is 3.00. The zero-order valence-corrected chi connectivity index (χ0v) is 15.5. The van der Waals surface area contributed by atoms with E-state index in [1.165, 1.54) is 11.1 Å². The number of carbonyl (C=O) groups excluding carboxylic acids is 1. The van der Waals surface area contributed by atoms with Crippen LogP contribution in [0.2, 0.25) is 0 Å². The van der Waals surface area contributed by atoms with Gasteiger partial charge < -0.3 is 11.1 Å². The molecule has 2 aliphatic heterocycles. The van der Waals surface area contributed by atoms with E-state index in [4.69, 9.17) is 5.73 Å². The maximum absolute atomic E-state index is 12.5.